The fourth-order valence-electron chi connectivity index (χ4n) is 3.58. The van der Waals surface area contributed by atoms with Crippen molar-refractivity contribution in [1.29, 1.82) is 0 Å². The zero-order valence-corrected chi connectivity index (χ0v) is 18.9. The van der Waals surface area contributed by atoms with Crippen LogP contribution in [0, 0.1) is 18.8 Å². The van der Waals surface area contributed by atoms with Crippen LogP contribution in [0.5, 0.6) is 6.01 Å². The molecule has 0 radical (unpaired) electrons. The van der Waals surface area contributed by atoms with Gasteiger partial charge in [-0.1, -0.05) is 17.5 Å². The van der Waals surface area contributed by atoms with Crippen molar-refractivity contribution < 1.29 is 19.7 Å². The molecule has 1 aliphatic heterocycles. The molecule has 1 aromatic carbocycles. The number of halogens is 1. The van der Waals surface area contributed by atoms with Crippen LogP contribution in [0.4, 0.5) is 0 Å². The molecule has 1 saturated heterocycles. The lowest BCUT2D eigenvalue weighted by molar-refractivity contribution is -0.131. The van der Waals surface area contributed by atoms with Crippen molar-refractivity contribution in [2.24, 2.45) is 0 Å². The lowest BCUT2D eigenvalue weighted by Crippen LogP contribution is -2.45. The van der Waals surface area contributed by atoms with Crippen LogP contribution in [0.15, 0.2) is 36.7 Å². The number of nitrogens with one attached hydrogen (secondary N) is 1. The molecule has 1 aliphatic rings. The number of rotatable bonds is 4. The first-order valence-corrected chi connectivity index (χ1v) is 11.0. The molecule has 0 spiro atoms. The first-order valence-electron chi connectivity index (χ1n) is 10.6. The Bertz CT molecular complexity index is 1370. The molecule has 0 bridgehead atoms. The summed E-state index contributed by atoms with van der Waals surface area (Å²) in [6, 6.07) is 9.51. The predicted octanol–water partition coefficient (Wildman–Crippen LogP) is 1.79. The van der Waals surface area contributed by atoms with Gasteiger partial charge in [0.15, 0.2) is 5.65 Å². The smallest absolute Gasteiger partial charge is 0.296 e. The summed E-state index contributed by atoms with van der Waals surface area (Å²) in [6.45, 7) is 1.83. The van der Waals surface area contributed by atoms with Gasteiger partial charge < -0.3 is 24.7 Å². The van der Waals surface area contributed by atoms with Gasteiger partial charge in [0.25, 0.3) is 6.01 Å². The Morgan fingerprint density at radius 3 is 2.79 bits per heavy atom. The maximum Gasteiger partial charge on any atom is 0.296 e. The summed E-state index contributed by atoms with van der Waals surface area (Å²) in [7, 11) is 0. The van der Waals surface area contributed by atoms with Crippen LogP contribution in [-0.2, 0) is 4.74 Å². The Hall–Kier alpha value is -3.49. The number of aromatic nitrogens is 6. The van der Waals surface area contributed by atoms with Gasteiger partial charge in [-0.3, -0.25) is 0 Å². The third-order valence-electron chi connectivity index (χ3n) is 5.36. The van der Waals surface area contributed by atoms with E-state index in [1.165, 1.54) is 0 Å². The molecular weight excluding hydrogens is 460 g/mol. The zero-order valence-electron chi connectivity index (χ0n) is 18.1. The number of aliphatic hydroxyl groups is 2. The summed E-state index contributed by atoms with van der Waals surface area (Å²) < 4.78 is 12.9. The van der Waals surface area contributed by atoms with Gasteiger partial charge in [-0.05, 0) is 43.2 Å². The molecular formula is C23H21ClN6O4. The molecule has 3 N–H and O–H groups in total. The summed E-state index contributed by atoms with van der Waals surface area (Å²) in [6.07, 6.45) is 0.170. The second-order valence-corrected chi connectivity index (χ2v) is 8.27. The molecule has 11 heteroatoms. The number of H-pyrrole nitrogens is 1. The standard InChI is InChI=1S/C23H21ClN6O4/c1-13-25-12-30(29-13)15-5-2-14(3-6-15)4-7-18-17(24)9-19-22(26-18)28-23(27-19)34-16-8-20(32)21(10-31)33-11-16/h2-3,5-6,9,12,16,20-21,31-32H,8,10-11H2,1H3,(H,26,27,28)/t16-,20+,21-/m1/s1. The number of aryl methyl sites for hydroxylation is 1. The van der Waals surface area contributed by atoms with Crippen LogP contribution in [0.2, 0.25) is 5.02 Å². The van der Waals surface area contributed by atoms with Crippen molar-refractivity contribution in [3.63, 3.8) is 0 Å². The summed E-state index contributed by atoms with van der Waals surface area (Å²) in [5, 5.41) is 23.9. The molecule has 0 unspecified atom stereocenters. The molecule has 0 amide bonds. The van der Waals surface area contributed by atoms with Gasteiger partial charge in [0.2, 0.25) is 0 Å². The Balaban J connectivity index is 1.31. The number of hydrogen-bond donors (Lipinski definition) is 3. The van der Waals surface area contributed by atoms with E-state index in [0.29, 0.717) is 34.1 Å². The van der Waals surface area contributed by atoms with Crippen LogP contribution in [-0.4, -0.2) is 71.5 Å². The fraction of sp³-hybridized carbons (Fsp3) is 0.304. The lowest BCUT2D eigenvalue weighted by Gasteiger charge is -2.31. The number of pyridine rings is 1. The minimum absolute atomic E-state index is 0.236. The number of imidazole rings is 1. The van der Waals surface area contributed by atoms with Crippen molar-refractivity contribution in [2.75, 3.05) is 13.2 Å². The van der Waals surface area contributed by atoms with Crippen LogP contribution >= 0.6 is 11.6 Å². The highest BCUT2D eigenvalue weighted by atomic mass is 35.5. The summed E-state index contributed by atoms with van der Waals surface area (Å²) in [5.41, 5.74) is 3.08. The molecule has 4 aromatic rings. The normalized spacial score (nSPS) is 20.2. The summed E-state index contributed by atoms with van der Waals surface area (Å²) in [4.78, 5) is 16.0. The molecule has 10 nitrogen and oxygen atoms in total. The average Bonchev–Trinajstić information content (AvgIpc) is 3.43. The van der Waals surface area contributed by atoms with Crippen molar-refractivity contribution in [2.45, 2.75) is 31.7 Å². The van der Waals surface area contributed by atoms with Gasteiger partial charge in [-0.2, -0.15) is 10.1 Å². The first-order chi connectivity index (χ1) is 16.5. The number of benzene rings is 1. The Morgan fingerprint density at radius 2 is 2.09 bits per heavy atom. The summed E-state index contributed by atoms with van der Waals surface area (Å²) >= 11 is 6.38. The SMILES string of the molecule is Cc1ncn(-c2ccc(C#Cc3nc4nc(O[C@H]5CO[C@H](CO)[C@@H](O)C5)[nH]c4cc3Cl)cc2)n1. The van der Waals surface area contributed by atoms with Gasteiger partial charge in [-0.15, -0.1) is 0 Å². The van der Waals surface area contributed by atoms with Crippen molar-refractivity contribution in [3.8, 4) is 23.5 Å². The van der Waals surface area contributed by atoms with E-state index in [4.69, 9.17) is 21.1 Å². The van der Waals surface area contributed by atoms with E-state index < -0.39 is 18.3 Å². The summed E-state index contributed by atoms with van der Waals surface area (Å²) in [5.74, 6) is 6.76. The Morgan fingerprint density at radius 1 is 1.26 bits per heavy atom. The molecule has 3 atom stereocenters. The lowest BCUT2D eigenvalue weighted by atomic mass is 10.0. The Kier molecular flexibility index (Phi) is 6.17. The first kappa shape index (κ1) is 22.3. The third-order valence-corrected chi connectivity index (χ3v) is 5.64. The van der Waals surface area contributed by atoms with Gasteiger partial charge in [-0.25, -0.2) is 14.6 Å². The quantitative estimate of drug-likeness (QED) is 0.377. The van der Waals surface area contributed by atoms with Crippen LogP contribution < -0.4 is 4.74 Å². The van der Waals surface area contributed by atoms with Gasteiger partial charge >= 0.3 is 0 Å². The molecule has 3 aromatic heterocycles. The fourth-order valence-corrected chi connectivity index (χ4v) is 3.78. The van der Waals surface area contributed by atoms with E-state index in [1.54, 1.807) is 17.1 Å². The predicted molar refractivity (Wildman–Crippen MR) is 123 cm³/mol. The van der Waals surface area contributed by atoms with Crippen molar-refractivity contribution in [1.82, 2.24) is 29.7 Å². The van der Waals surface area contributed by atoms with Gasteiger partial charge in [0, 0.05) is 12.0 Å². The topological polar surface area (TPSA) is 131 Å². The van der Waals surface area contributed by atoms with Crippen molar-refractivity contribution >= 4 is 22.8 Å². The van der Waals surface area contributed by atoms with Crippen LogP contribution in [0.3, 0.4) is 0 Å². The highest BCUT2D eigenvalue weighted by molar-refractivity contribution is 6.32. The minimum atomic E-state index is -0.808. The molecule has 34 heavy (non-hydrogen) atoms. The molecule has 0 saturated carbocycles. The maximum atomic E-state index is 10.0. The van der Waals surface area contributed by atoms with E-state index in [1.807, 2.05) is 31.2 Å². The average molecular weight is 481 g/mol. The molecule has 174 valence electrons. The maximum absolute atomic E-state index is 10.0. The van der Waals surface area contributed by atoms with E-state index in [-0.39, 0.29) is 19.2 Å². The number of aromatic amines is 1. The third kappa shape index (κ3) is 4.73. The van der Waals surface area contributed by atoms with E-state index >= 15 is 0 Å². The largest absolute Gasteiger partial charge is 0.459 e. The zero-order chi connectivity index (χ0) is 23.7. The Labute approximate surface area is 199 Å². The van der Waals surface area contributed by atoms with E-state index in [0.717, 1.165) is 11.3 Å². The monoisotopic (exact) mass is 480 g/mol. The number of nitrogens with zero attached hydrogens (tertiary/aromatic N) is 5. The molecule has 1 fully saturated rings. The number of ether oxygens (including phenoxy) is 2. The minimum Gasteiger partial charge on any atom is -0.459 e. The number of fused-ring (bicyclic) bond motifs is 1. The van der Waals surface area contributed by atoms with Gasteiger partial charge in [0.05, 0.1) is 35.5 Å². The van der Waals surface area contributed by atoms with Crippen LogP contribution in [0.1, 0.15) is 23.5 Å². The van der Waals surface area contributed by atoms with Crippen LogP contribution in [0.25, 0.3) is 16.9 Å². The molecule has 4 heterocycles. The van der Waals surface area contributed by atoms with E-state index in [2.05, 4.69) is 36.9 Å². The molecule has 5 rings (SSSR count). The number of aliphatic hydroxyl groups excluding tert-OH is 2. The molecule has 0 aliphatic carbocycles. The number of hydrogen-bond acceptors (Lipinski definition) is 8. The van der Waals surface area contributed by atoms with E-state index in [9.17, 15) is 10.2 Å². The second kappa shape index (κ2) is 9.40. The highest BCUT2D eigenvalue weighted by Gasteiger charge is 2.31. The second-order valence-electron chi connectivity index (χ2n) is 7.86. The van der Waals surface area contributed by atoms with Gasteiger partial charge in [0.1, 0.15) is 30.1 Å². The van der Waals surface area contributed by atoms with Crippen molar-refractivity contribution in [3.05, 3.63) is 58.8 Å². The highest BCUT2D eigenvalue weighted by Crippen LogP contribution is 2.24.